The molecular formula is C23H18N4OS. The molecule has 142 valence electrons. The second kappa shape index (κ2) is 7.48. The average Bonchev–Trinajstić information content (AvgIpc) is 3.40. The molecule has 0 fully saturated rings. The first kappa shape index (κ1) is 17.6. The van der Waals surface area contributed by atoms with Gasteiger partial charge in [-0.3, -0.25) is 9.69 Å². The Bertz CT molecular complexity index is 1260. The van der Waals surface area contributed by atoms with Gasteiger partial charge >= 0.3 is 0 Å². The molecule has 0 spiro atoms. The van der Waals surface area contributed by atoms with Crippen molar-refractivity contribution in [2.45, 2.75) is 6.42 Å². The first-order valence-corrected chi connectivity index (χ1v) is 10.2. The average molecular weight is 398 g/mol. The molecule has 3 aromatic heterocycles. The number of thiazole rings is 1. The topological polar surface area (TPSA) is 50.5 Å². The van der Waals surface area contributed by atoms with Crippen LogP contribution in [0.15, 0.2) is 85.3 Å². The Morgan fingerprint density at radius 3 is 2.69 bits per heavy atom. The van der Waals surface area contributed by atoms with Crippen LogP contribution in [0.25, 0.3) is 15.9 Å². The van der Waals surface area contributed by atoms with E-state index >= 15 is 0 Å². The summed E-state index contributed by atoms with van der Waals surface area (Å²) >= 11 is 1.54. The van der Waals surface area contributed by atoms with Crippen LogP contribution < -0.4 is 4.90 Å². The van der Waals surface area contributed by atoms with Crippen molar-refractivity contribution >= 4 is 38.2 Å². The van der Waals surface area contributed by atoms with Crippen LogP contribution in [0.1, 0.15) is 15.9 Å². The number of hydrogen-bond acceptors (Lipinski definition) is 4. The van der Waals surface area contributed by atoms with Crippen molar-refractivity contribution in [3.8, 4) is 0 Å². The molecule has 5 rings (SSSR count). The lowest BCUT2D eigenvalue weighted by molar-refractivity contribution is 0.0987. The van der Waals surface area contributed by atoms with Crippen LogP contribution in [0.3, 0.4) is 0 Å². The summed E-state index contributed by atoms with van der Waals surface area (Å²) in [4.78, 5) is 24.2. The lowest BCUT2D eigenvalue weighted by atomic mass is 10.1. The SMILES string of the molecule is O=C(c1ccc2nccn2c1)N(CCc1ccccc1)c1nc2ccccc2s1. The first-order chi connectivity index (χ1) is 14.3. The quantitative estimate of drug-likeness (QED) is 0.426. The minimum Gasteiger partial charge on any atom is -0.306 e. The number of carbonyl (C=O) groups is 1. The minimum absolute atomic E-state index is 0.0596. The van der Waals surface area contributed by atoms with Gasteiger partial charge in [-0.05, 0) is 36.2 Å². The number of imidazole rings is 1. The van der Waals surface area contributed by atoms with Crippen LogP contribution in [0.4, 0.5) is 5.13 Å². The molecule has 3 heterocycles. The summed E-state index contributed by atoms with van der Waals surface area (Å²) in [6, 6.07) is 21.9. The van der Waals surface area contributed by atoms with E-state index in [2.05, 4.69) is 17.1 Å². The zero-order valence-corrected chi connectivity index (χ0v) is 16.4. The van der Waals surface area contributed by atoms with E-state index in [4.69, 9.17) is 4.98 Å². The largest absolute Gasteiger partial charge is 0.306 e. The van der Waals surface area contributed by atoms with Gasteiger partial charge in [0.05, 0.1) is 15.8 Å². The highest BCUT2D eigenvalue weighted by Crippen LogP contribution is 2.29. The fourth-order valence-corrected chi connectivity index (χ4v) is 4.34. The summed E-state index contributed by atoms with van der Waals surface area (Å²) < 4.78 is 2.94. The van der Waals surface area contributed by atoms with Crippen molar-refractivity contribution < 1.29 is 4.79 Å². The predicted octanol–water partition coefficient (Wildman–Crippen LogP) is 4.83. The zero-order chi connectivity index (χ0) is 19.6. The van der Waals surface area contributed by atoms with Crippen LogP contribution in [0, 0.1) is 0 Å². The number of hydrogen-bond donors (Lipinski definition) is 0. The van der Waals surface area contributed by atoms with Gasteiger partial charge in [-0.25, -0.2) is 9.97 Å². The fraction of sp³-hybridized carbons (Fsp3) is 0.0870. The normalized spacial score (nSPS) is 11.2. The minimum atomic E-state index is -0.0596. The molecule has 1 amide bonds. The van der Waals surface area contributed by atoms with Crippen LogP contribution in [-0.4, -0.2) is 26.8 Å². The van der Waals surface area contributed by atoms with E-state index in [1.54, 1.807) is 22.4 Å². The van der Waals surface area contributed by atoms with E-state index in [9.17, 15) is 4.79 Å². The Hall–Kier alpha value is -3.51. The van der Waals surface area contributed by atoms with E-state index in [-0.39, 0.29) is 5.91 Å². The van der Waals surface area contributed by atoms with E-state index in [1.807, 2.05) is 71.4 Å². The van der Waals surface area contributed by atoms with Gasteiger partial charge in [0.25, 0.3) is 5.91 Å². The van der Waals surface area contributed by atoms with Crippen LogP contribution in [-0.2, 0) is 6.42 Å². The van der Waals surface area contributed by atoms with Crippen LogP contribution in [0.5, 0.6) is 0 Å². The number of benzene rings is 2. The molecule has 0 unspecified atom stereocenters. The molecule has 0 saturated carbocycles. The highest BCUT2D eigenvalue weighted by atomic mass is 32.1. The number of nitrogens with zero attached hydrogens (tertiary/aromatic N) is 4. The smallest absolute Gasteiger partial charge is 0.261 e. The third-order valence-electron chi connectivity index (χ3n) is 4.86. The number of carbonyl (C=O) groups excluding carboxylic acids is 1. The molecule has 0 aliphatic heterocycles. The number of aromatic nitrogens is 3. The summed E-state index contributed by atoms with van der Waals surface area (Å²) in [5.74, 6) is -0.0596. The maximum Gasteiger partial charge on any atom is 0.261 e. The Labute approximate surface area is 171 Å². The van der Waals surface area contributed by atoms with Gasteiger partial charge in [0.2, 0.25) is 0 Å². The first-order valence-electron chi connectivity index (χ1n) is 9.42. The third kappa shape index (κ3) is 3.50. The number of rotatable bonds is 5. The number of amides is 1. The Morgan fingerprint density at radius 1 is 1.00 bits per heavy atom. The lowest BCUT2D eigenvalue weighted by Gasteiger charge is -2.20. The van der Waals surface area contributed by atoms with Crippen molar-refractivity contribution in [1.82, 2.24) is 14.4 Å². The summed E-state index contributed by atoms with van der Waals surface area (Å²) in [5, 5.41) is 0.720. The third-order valence-corrected chi connectivity index (χ3v) is 5.92. The monoisotopic (exact) mass is 398 g/mol. The van der Waals surface area contributed by atoms with Gasteiger partial charge in [0, 0.05) is 25.1 Å². The molecule has 0 radical (unpaired) electrons. The van der Waals surface area contributed by atoms with Crippen LogP contribution >= 0.6 is 11.3 Å². The molecule has 29 heavy (non-hydrogen) atoms. The number of pyridine rings is 1. The molecule has 6 heteroatoms. The number of para-hydroxylation sites is 1. The Morgan fingerprint density at radius 2 is 1.83 bits per heavy atom. The van der Waals surface area contributed by atoms with E-state index < -0.39 is 0 Å². The van der Waals surface area contributed by atoms with E-state index in [0.717, 1.165) is 27.4 Å². The highest BCUT2D eigenvalue weighted by molar-refractivity contribution is 7.22. The highest BCUT2D eigenvalue weighted by Gasteiger charge is 2.21. The summed E-state index contributed by atoms with van der Waals surface area (Å²) in [6.45, 7) is 0.560. The van der Waals surface area contributed by atoms with Crippen molar-refractivity contribution in [2.24, 2.45) is 0 Å². The maximum atomic E-state index is 13.5. The molecule has 0 atom stereocenters. The van der Waals surface area contributed by atoms with Crippen molar-refractivity contribution in [3.63, 3.8) is 0 Å². The standard InChI is InChI=1S/C23H18N4OS/c28-22(18-10-11-21-24-13-15-26(21)16-18)27(14-12-17-6-2-1-3-7-17)23-25-19-8-4-5-9-20(19)29-23/h1-11,13,15-16H,12,14H2. The van der Waals surface area contributed by atoms with Gasteiger partial charge in [-0.1, -0.05) is 53.8 Å². The van der Waals surface area contributed by atoms with Gasteiger partial charge in [0.15, 0.2) is 5.13 Å². The van der Waals surface area contributed by atoms with Gasteiger partial charge in [0.1, 0.15) is 5.65 Å². The van der Waals surface area contributed by atoms with Crippen molar-refractivity contribution in [1.29, 1.82) is 0 Å². The molecule has 0 N–H and O–H groups in total. The molecule has 0 aliphatic carbocycles. The Kier molecular flexibility index (Phi) is 4.54. The maximum absolute atomic E-state index is 13.5. The number of anilines is 1. The van der Waals surface area contributed by atoms with Gasteiger partial charge in [-0.2, -0.15) is 0 Å². The van der Waals surface area contributed by atoms with Crippen molar-refractivity contribution in [3.05, 3.63) is 96.4 Å². The number of fused-ring (bicyclic) bond motifs is 2. The molecule has 0 aliphatic rings. The van der Waals surface area contributed by atoms with Crippen LogP contribution in [0.2, 0.25) is 0 Å². The predicted molar refractivity (Wildman–Crippen MR) is 117 cm³/mol. The lowest BCUT2D eigenvalue weighted by Crippen LogP contribution is -2.33. The molecular weight excluding hydrogens is 380 g/mol. The Balaban J connectivity index is 1.51. The second-order valence-electron chi connectivity index (χ2n) is 6.77. The summed E-state index contributed by atoms with van der Waals surface area (Å²) in [7, 11) is 0. The molecule has 0 saturated heterocycles. The second-order valence-corrected chi connectivity index (χ2v) is 7.78. The van der Waals surface area contributed by atoms with Crippen molar-refractivity contribution in [2.75, 3.05) is 11.4 Å². The molecule has 2 aromatic carbocycles. The zero-order valence-electron chi connectivity index (χ0n) is 15.6. The molecule has 5 nitrogen and oxygen atoms in total. The fourth-order valence-electron chi connectivity index (χ4n) is 3.35. The van der Waals surface area contributed by atoms with E-state index in [1.165, 1.54) is 5.56 Å². The molecule has 5 aromatic rings. The van der Waals surface area contributed by atoms with E-state index in [0.29, 0.717) is 12.1 Å². The van der Waals surface area contributed by atoms with Gasteiger partial charge in [-0.15, -0.1) is 0 Å². The summed E-state index contributed by atoms with van der Waals surface area (Å²) in [5.41, 5.74) is 3.53. The molecule has 0 bridgehead atoms. The van der Waals surface area contributed by atoms with Gasteiger partial charge < -0.3 is 4.40 Å². The summed E-state index contributed by atoms with van der Waals surface area (Å²) in [6.07, 6.45) is 6.16.